The van der Waals surface area contributed by atoms with Gasteiger partial charge in [-0.25, -0.2) is 0 Å². The Morgan fingerprint density at radius 2 is 2.00 bits per heavy atom. The van der Waals surface area contributed by atoms with E-state index < -0.39 is 18.6 Å². The summed E-state index contributed by atoms with van der Waals surface area (Å²) in [5.74, 6) is 0.439. The minimum Gasteiger partial charge on any atom is -0.356 e. The van der Waals surface area contributed by atoms with Crippen LogP contribution in [0.2, 0.25) is 0 Å². The van der Waals surface area contributed by atoms with Crippen LogP contribution in [0.25, 0.3) is 0 Å². The van der Waals surface area contributed by atoms with Crippen molar-refractivity contribution in [2.24, 2.45) is 10.9 Å². The second-order valence-electron chi connectivity index (χ2n) is 4.62. The van der Waals surface area contributed by atoms with Gasteiger partial charge in [0.25, 0.3) is 0 Å². The van der Waals surface area contributed by atoms with E-state index in [9.17, 15) is 18.0 Å². The molecule has 0 radical (unpaired) electrons. The highest BCUT2D eigenvalue weighted by molar-refractivity contribution is 5.86. The van der Waals surface area contributed by atoms with Crippen molar-refractivity contribution in [2.75, 3.05) is 33.7 Å². The highest BCUT2D eigenvalue weighted by Crippen LogP contribution is 2.27. The van der Waals surface area contributed by atoms with Crippen LogP contribution in [0.3, 0.4) is 0 Å². The Bertz CT molecular complexity index is 339. The molecule has 5 nitrogen and oxygen atoms in total. The summed E-state index contributed by atoms with van der Waals surface area (Å²) in [6.07, 6.45) is -2.02. The zero-order chi connectivity index (χ0) is 14.5. The molecular formula is C11H19F3N4O. The maximum atomic E-state index is 12.1. The van der Waals surface area contributed by atoms with Crippen molar-refractivity contribution in [3.05, 3.63) is 0 Å². The summed E-state index contributed by atoms with van der Waals surface area (Å²) in [6, 6.07) is 0. The maximum absolute atomic E-state index is 12.1. The Morgan fingerprint density at radius 1 is 1.37 bits per heavy atom. The third kappa shape index (κ3) is 6.88. The zero-order valence-electron chi connectivity index (χ0n) is 11.0. The average Bonchev–Trinajstić information content (AvgIpc) is 3.10. The molecule has 110 valence electrons. The molecular weight excluding hydrogens is 261 g/mol. The second-order valence-corrected chi connectivity index (χ2v) is 4.62. The Morgan fingerprint density at radius 3 is 2.47 bits per heavy atom. The predicted octanol–water partition coefficient (Wildman–Crippen LogP) is 0.582. The highest BCUT2D eigenvalue weighted by Gasteiger charge is 2.31. The van der Waals surface area contributed by atoms with Gasteiger partial charge in [0.15, 0.2) is 5.96 Å². The number of aliphatic imine (C=N–C) groups is 1. The van der Waals surface area contributed by atoms with Crippen LogP contribution in [-0.4, -0.2) is 56.7 Å². The number of hydrogen-bond donors (Lipinski definition) is 2. The maximum Gasteiger partial charge on any atom is 0.406 e. The smallest absolute Gasteiger partial charge is 0.356 e. The topological polar surface area (TPSA) is 56.7 Å². The quantitative estimate of drug-likeness (QED) is 0.572. The first-order chi connectivity index (χ1) is 8.81. The Labute approximate surface area is 110 Å². The molecule has 0 aromatic carbocycles. The fourth-order valence-corrected chi connectivity index (χ4v) is 1.43. The molecule has 0 unspecified atom stereocenters. The summed E-state index contributed by atoms with van der Waals surface area (Å²) in [5.41, 5.74) is 0. The molecule has 1 aliphatic carbocycles. The largest absolute Gasteiger partial charge is 0.406 e. The normalized spacial score (nSPS) is 16.2. The first-order valence-corrected chi connectivity index (χ1v) is 6.07. The van der Waals surface area contributed by atoms with Gasteiger partial charge >= 0.3 is 6.18 Å². The molecule has 0 aromatic rings. The van der Waals surface area contributed by atoms with Crippen LogP contribution >= 0.6 is 0 Å². The lowest BCUT2D eigenvalue weighted by molar-refractivity contribution is -0.157. The van der Waals surface area contributed by atoms with Gasteiger partial charge in [-0.2, -0.15) is 13.2 Å². The molecule has 1 rings (SSSR count). The molecule has 1 aliphatic rings. The van der Waals surface area contributed by atoms with E-state index in [-0.39, 0.29) is 6.54 Å². The van der Waals surface area contributed by atoms with Crippen LogP contribution in [0.15, 0.2) is 4.99 Å². The number of guanidine groups is 1. The minimum atomic E-state index is -4.38. The van der Waals surface area contributed by atoms with E-state index in [2.05, 4.69) is 15.6 Å². The van der Waals surface area contributed by atoms with E-state index in [1.165, 1.54) is 12.8 Å². The van der Waals surface area contributed by atoms with Crippen molar-refractivity contribution < 1.29 is 18.0 Å². The van der Waals surface area contributed by atoms with Crippen molar-refractivity contribution in [1.82, 2.24) is 15.5 Å². The lowest BCUT2D eigenvalue weighted by Crippen LogP contribution is -2.45. The van der Waals surface area contributed by atoms with E-state index >= 15 is 0 Å². The second kappa shape index (κ2) is 6.63. The molecule has 0 atom stereocenters. The first kappa shape index (κ1) is 15.6. The number of halogens is 3. The fraction of sp³-hybridized carbons (Fsp3) is 0.818. The van der Waals surface area contributed by atoms with Crippen LogP contribution in [0, 0.1) is 5.92 Å². The monoisotopic (exact) mass is 280 g/mol. The molecule has 1 amide bonds. The minimum absolute atomic E-state index is 0.211. The average molecular weight is 280 g/mol. The van der Waals surface area contributed by atoms with Gasteiger partial charge in [0.05, 0.1) is 6.54 Å². The number of rotatable bonds is 5. The number of hydrogen-bond acceptors (Lipinski definition) is 2. The van der Waals surface area contributed by atoms with Crippen molar-refractivity contribution in [1.29, 1.82) is 0 Å². The fourth-order valence-electron chi connectivity index (χ4n) is 1.43. The van der Waals surface area contributed by atoms with Gasteiger partial charge in [-0.3, -0.25) is 9.79 Å². The summed E-state index contributed by atoms with van der Waals surface area (Å²) in [4.78, 5) is 16.0. The SMILES string of the molecule is CN=C(NCC(=O)N(C)CC(F)(F)F)NCC1CC1. The van der Waals surface area contributed by atoms with Crippen molar-refractivity contribution in [3.8, 4) is 0 Å². The van der Waals surface area contributed by atoms with Gasteiger partial charge in [0, 0.05) is 20.6 Å². The molecule has 0 saturated heterocycles. The lowest BCUT2D eigenvalue weighted by Gasteiger charge is -2.19. The third-order valence-electron chi connectivity index (χ3n) is 2.73. The Kier molecular flexibility index (Phi) is 5.44. The molecule has 0 bridgehead atoms. The predicted molar refractivity (Wildman–Crippen MR) is 65.8 cm³/mol. The van der Waals surface area contributed by atoms with Gasteiger partial charge in [-0.15, -0.1) is 0 Å². The third-order valence-corrected chi connectivity index (χ3v) is 2.73. The zero-order valence-corrected chi connectivity index (χ0v) is 11.0. The van der Waals surface area contributed by atoms with E-state index in [0.29, 0.717) is 16.8 Å². The molecule has 0 spiro atoms. The standard InChI is InChI=1S/C11H19F3N4O/c1-15-10(16-5-8-3-4-8)17-6-9(19)18(2)7-11(12,13)14/h8H,3-7H2,1-2H3,(H2,15,16,17). The number of amides is 1. The van der Waals surface area contributed by atoms with E-state index in [1.54, 1.807) is 7.05 Å². The Hall–Kier alpha value is -1.47. The van der Waals surface area contributed by atoms with Crippen molar-refractivity contribution in [2.45, 2.75) is 19.0 Å². The summed E-state index contributed by atoms with van der Waals surface area (Å²) in [5, 5.41) is 5.72. The summed E-state index contributed by atoms with van der Waals surface area (Å²) < 4.78 is 36.3. The van der Waals surface area contributed by atoms with Crippen molar-refractivity contribution >= 4 is 11.9 Å². The summed E-state index contributed by atoms with van der Waals surface area (Å²) in [7, 11) is 2.67. The van der Waals surface area contributed by atoms with Crippen LogP contribution in [-0.2, 0) is 4.79 Å². The first-order valence-electron chi connectivity index (χ1n) is 6.07. The number of nitrogens with one attached hydrogen (secondary N) is 2. The van der Waals surface area contributed by atoms with Crippen LogP contribution in [0.5, 0.6) is 0 Å². The highest BCUT2D eigenvalue weighted by atomic mass is 19.4. The van der Waals surface area contributed by atoms with Gasteiger partial charge in [-0.05, 0) is 18.8 Å². The van der Waals surface area contributed by atoms with Gasteiger partial charge in [0.2, 0.25) is 5.91 Å². The molecule has 8 heteroatoms. The summed E-state index contributed by atoms with van der Waals surface area (Å²) >= 11 is 0. The number of nitrogens with zero attached hydrogens (tertiary/aromatic N) is 2. The molecule has 0 heterocycles. The van der Waals surface area contributed by atoms with E-state index in [1.807, 2.05) is 0 Å². The molecule has 19 heavy (non-hydrogen) atoms. The number of alkyl halides is 3. The van der Waals surface area contributed by atoms with Gasteiger partial charge in [0.1, 0.15) is 6.54 Å². The lowest BCUT2D eigenvalue weighted by atomic mass is 10.4. The van der Waals surface area contributed by atoms with E-state index in [4.69, 9.17) is 0 Å². The van der Waals surface area contributed by atoms with E-state index in [0.717, 1.165) is 13.6 Å². The van der Waals surface area contributed by atoms with Crippen LogP contribution in [0.1, 0.15) is 12.8 Å². The molecule has 2 N–H and O–H groups in total. The number of carbonyl (C=O) groups is 1. The number of likely N-dealkylation sites (N-methyl/N-ethyl adjacent to an activating group) is 1. The van der Waals surface area contributed by atoms with Gasteiger partial charge < -0.3 is 15.5 Å². The molecule has 1 saturated carbocycles. The Balaban J connectivity index is 2.26. The summed E-state index contributed by atoms with van der Waals surface area (Å²) in [6.45, 7) is -0.690. The number of carbonyl (C=O) groups excluding carboxylic acids is 1. The molecule has 0 aromatic heterocycles. The van der Waals surface area contributed by atoms with Crippen molar-refractivity contribution in [3.63, 3.8) is 0 Å². The van der Waals surface area contributed by atoms with Crippen LogP contribution in [0.4, 0.5) is 13.2 Å². The molecule has 0 aliphatic heterocycles. The molecule has 1 fully saturated rings. The van der Waals surface area contributed by atoms with Crippen LogP contribution < -0.4 is 10.6 Å². The van der Waals surface area contributed by atoms with Gasteiger partial charge in [-0.1, -0.05) is 0 Å².